The van der Waals surface area contributed by atoms with Gasteiger partial charge in [0.05, 0.1) is 9.92 Å². The molecule has 0 fully saturated rings. The summed E-state index contributed by atoms with van der Waals surface area (Å²) in [4.78, 5) is 8.49. The summed E-state index contributed by atoms with van der Waals surface area (Å²) < 4.78 is 29.0. The van der Waals surface area contributed by atoms with Crippen molar-refractivity contribution in [3.63, 3.8) is 0 Å². The molecule has 3 rings (SSSR count). The Morgan fingerprint density at radius 3 is 2.59 bits per heavy atom. The largest absolute Gasteiger partial charge is 0.253 e. The Morgan fingerprint density at radius 1 is 1.09 bits per heavy atom. The zero-order valence-electron chi connectivity index (χ0n) is 11.2. The number of aromatic nitrogens is 3. The molecule has 0 bridgehead atoms. The first kappa shape index (κ1) is 15.1. The molecule has 0 saturated carbocycles. The van der Waals surface area contributed by atoms with Gasteiger partial charge in [0, 0.05) is 6.20 Å². The van der Waals surface area contributed by atoms with Crippen LogP contribution < -0.4 is 0 Å². The number of nitrogens with zero attached hydrogens (tertiary/aromatic N) is 3. The molecule has 0 saturated heterocycles. The van der Waals surface area contributed by atoms with E-state index in [0.717, 1.165) is 11.5 Å². The first-order chi connectivity index (χ1) is 10.6. The molecule has 0 aliphatic heterocycles. The molecule has 2 heterocycles. The Morgan fingerprint density at radius 2 is 1.86 bits per heavy atom. The fourth-order valence-electron chi connectivity index (χ4n) is 1.85. The number of rotatable bonds is 4. The van der Waals surface area contributed by atoms with E-state index in [9.17, 15) is 8.42 Å². The molecule has 0 amide bonds. The van der Waals surface area contributed by atoms with Gasteiger partial charge in [0.15, 0.2) is 15.7 Å². The van der Waals surface area contributed by atoms with Crippen molar-refractivity contribution in [2.45, 2.75) is 10.6 Å². The lowest BCUT2D eigenvalue weighted by atomic mass is 10.3. The van der Waals surface area contributed by atoms with Crippen LogP contribution >= 0.6 is 23.1 Å². The Kier molecular flexibility index (Phi) is 4.19. The van der Waals surface area contributed by atoms with Gasteiger partial charge in [0.25, 0.3) is 0 Å². The molecular formula is C14H10ClN3O2S2. The molecule has 0 atom stereocenters. The average Bonchev–Trinajstić information content (AvgIpc) is 2.96. The molecule has 1 aromatic carbocycles. The fraction of sp³-hybridized carbons (Fsp3) is 0.0714. The molecule has 0 radical (unpaired) electrons. The Balaban J connectivity index is 1.88. The number of sulfone groups is 1. The van der Waals surface area contributed by atoms with E-state index in [-0.39, 0.29) is 15.7 Å². The van der Waals surface area contributed by atoms with Gasteiger partial charge < -0.3 is 0 Å². The summed E-state index contributed by atoms with van der Waals surface area (Å²) in [7, 11) is -3.56. The standard InChI is InChI=1S/C14H10ClN3O2S2/c15-10-5-1-2-7-12(10)22(19,20)9-13-17-14(18-21-13)11-6-3-4-8-16-11/h1-8H,9H2. The molecule has 0 N–H and O–H groups in total. The molecular weight excluding hydrogens is 342 g/mol. The Hall–Kier alpha value is -1.83. The Labute approximate surface area is 136 Å². The number of pyridine rings is 1. The topological polar surface area (TPSA) is 72.8 Å². The third-order valence-corrected chi connectivity index (χ3v) is 5.86. The second-order valence-electron chi connectivity index (χ2n) is 4.42. The van der Waals surface area contributed by atoms with E-state index in [1.54, 1.807) is 36.5 Å². The molecule has 8 heteroatoms. The van der Waals surface area contributed by atoms with Gasteiger partial charge in [-0.15, -0.1) is 0 Å². The van der Waals surface area contributed by atoms with Crippen molar-refractivity contribution in [3.05, 3.63) is 58.7 Å². The quantitative estimate of drug-likeness (QED) is 0.721. The van der Waals surface area contributed by atoms with Gasteiger partial charge in [-0.3, -0.25) is 4.98 Å². The highest BCUT2D eigenvalue weighted by atomic mass is 35.5. The average molecular weight is 352 g/mol. The highest BCUT2D eigenvalue weighted by molar-refractivity contribution is 7.90. The second-order valence-corrected chi connectivity index (χ2v) is 7.62. The highest BCUT2D eigenvalue weighted by Gasteiger charge is 2.21. The van der Waals surface area contributed by atoms with Gasteiger partial charge in [-0.1, -0.05) is 29.8 Å². The molecule has 0 unspecified atom stereocenters. The Bertz CT molecular complexity index is 895. The van der Waals surface area contributed by atoms with Crippen LogP contribution in [0.25, 0.3) is 11.5 Å². The monoisotopic (exact) mass is 351 g/mol. The molecule has 2 aromatic heterocycles. The molecule has 5 nitrogen and oxygen atoms in total. The van der Waals surface area contributed by atoms with Crippen molar-refractivity contribution in [3.8, 4) is 11.5 Å². The zero-order chi connectivity index (χ0) is 15.6. The maximum Gasteiger partial charge on any atom is 0.191 e. The van der Waals surface area contributed by atoms with Gasteiger partial charge in [-0.2, -0.15) is 4.37 Å². The molecule has 112 valence electrons. The normalized spacial score (nSPS) is 11.5. The van der Waals surface area contributed by atoms with Gasteiger partial charge in [-0.05, 0) is 35.8 Å². The van der Waals surface area contributed by atoms with E-state index in [4.69, 9.17) is 11.6 Å². The van der Waals surface area contributed by atoms with Crippen molar-refractivity contribution >= 4 is 33.0 Å². The van der Waals surface area contributed by atoms with E-state index in [1.807, 2.05) is 6.07 Å². The van der Waals surface area contributed by atoms with Crippen molar-refractivity contribution < 1.29 is 8.42 Å². The SMILES string of the molecule is O=S(=O)(Cc1nc(-c2ccccn2)ns1)c1ccccc1Cl. The minimum absolute atomic E-state index is 0.103. The van der Waals surface area contributed by atoms with Crippen molar-refractivity contribution in [1.82, 2.24) is 14.3 Å². The predicted molar refractivity (Wildman–Crippen MR) is 85.5 cm³/mol. The second kappa shape index (κ2) is 6.12. The van der Waals surface area contributed by atoms with Crippen LogP contribution in [0.4, 0.5) is 0 Å². The smallest absolute Gasteiger partial charge is 0.191 e. The maximum atomic E-state index is 12.4. The molecule has 22 heavy (non-hydrogen) atoms. The van der Waals surface area contributed by atoms with Crippen LogP contribution in [0.1, 0.15) is 5.01 Å². The predicted octanol–water partition coefficient (Wildman–Crippen LogP) is 3.23. The zero-order valence-corrected chi connectivity index (χ0v) is 13.6. The van der Waals surface area contributed by atoms with Crippen LogP contribution in [-0.2, 0) is 15.6 Å². The van der Waals surface area contributed by atoms with Crippen molar-refractivity contribution in [2.24, 2.45) is 0 Å². The van der Waals surface area contributed by atoms with Gasteiger partial charge in [0.1, 0.15) is 16.5 Å². The number of hydrogen-bond acceptors (Lipinski definition) is 6. The van der Waals surface area contributed by atoms with Gasteiger partial charge in [0.2, 0.25) is 0 Å². The maximum absolute atomic E-state index is 12.4. The van der Waals surface area contributed by atoms with E-state index >= 15 is 0 Å². The first-order valence-corrected chi connectivity index (χ1v) is 9.08. The van der Waals surface area contributed by atoms with E-state index < -0.39 is 9.84 Å². The third kappa shape index (κ3) is 3.16. The number of halogens is 1. The van der Waals surface area contributed by atoms with Crippen LogP contribution in [0.2, 0.25) is 5.02 Å². The summed E-state index contributed by atoms with van der Waals surface area (Å²) in [5, 5.41) is 0.609. The van der Waals surface area contributed by atoms with Gasteiger partial charge >= 0.3 is 0 Å². The fourth-order valence-corrected chi connectivity index (χ4v) is 4.66. The third-order valence-electron chi connectivity index (χ3n) is 2.85. The first-order valence-electron chi connectivity index (χ1n) is 6.27. The lowest BCUT2D eigenvalue weighted by Gasteiger charge is -2.03. The summed E-state index contributed by atoms with van der Waals surface area (Å²) in [6.07, 6.45) is 1.64. The summed E-state index contributed by atoms with van der Waals surface area (Å²) in [5.74, 6) is 0.191. The van der Waals surface area contributed by atoms with Crippen LogP contribution in [-0.4, -0.2) is 22.8 Å². The number of benzene rings is 1. The summed E-state index contributed by atoms with van der Waals surface area (Å²) in [6, 6.07) is 11.7. The van der Waals surface area contributed by atoms with Crippen molar-refractivity contribution in [1.29, 1.82) is 0 Å². The van der Waals surface area contributed by atoms with Crippen molar-refractivity contribution in [2.75, 3.05) is 0 Å². The molecule has 0 aliphatic carbocycles. The lowest BCUT2D eigenvalue weighted by molar-refractivity contribution is 0.595. The summed E-state index contributed by atoms with van der Waals surface area (Å²) in [6.45, 7) is 0. The molecule has 0 aliphatic rings. The highest BCUT2D eigenvalue weighted by Crippen LogP contribution is 2.25. The molecule has 3 aromatic rings. The van der Waals surface area contributed by atoms with E-state index in [1.165, 1.54) is 6.07 Å². The van der Waals surface area contributed by atoms with Crippen LogP contribution in [0.15, 0.2) is 53.6 Å². The lowest BCUT2D eigenvalue weighted by Crippen LogP contribution is -2.05. The van der Waals surface area contributed by atoms with Crippen LogP contribution in [0.3, 0.4) is 0 Å². The van der Waals surface area contributed by atoms with Gasteiger partial charge in [-0.25, -0.2) is 13.4 Å². The summed E-state index contributed by atoms with van der Waals surface area (Å²) >= 11 is 7.00. The molecule has 0 spiro atoms. The minimum Gasteiger partial charge on any atom is -0.253 e. The number of hydrogen-bond donors (Lipinski definition) is 0. The van der Waals surface area contributed by atoms with E-state index in [0.29, 0.717) is 16.5 Å². The summed E-state index contributed by atoms with van der Waals surface area (Å²) in [5.41, 5.74) is 0.611. The van der Waals surface area contributed by atoms with E-state index in [2.05, 4.69) is 14.3 Å². The van der Waals surface area contributed by atoms with Crippen LogP contribution in [0, 0.1) is 0 Å². The van der Waals surface area contributed by atoms with Crippen LogP contribution in [0.5, 0.6) is 0 Å². The minimum atomic E-state index is -3.56.